The summed E-state index contributed by atoms with van der Waals surface area (Å²) in [5, 5.41) is 0. The van der Waals surface area contributed by atoms with Crippen molar-refractivity contribution in [3.05, 3.63) is 70.8 Å². The standard InChI is InChI=1S/C46H66F4O3/c1-5-9-11-13-33-15-19-35(20-16-33)37(39-23-25-41(52-29-7-3)45(49)43(39)47)27-31-51-32-28-38(36-21-17-34(18-22-36)14-12-10-6-2)40-24-26-42(53-30-8-4)46(50)44(40)48/h23-28,33-36H,5-22,29-32H2,1-4H3. The van der Waals surface area contributed by atoms with Gasteiger partial charge in [0, 0.05) is 11.1 Å². The van der Waals surface area contributed by atoms with Crippen LogP contribution >= 0.6 is 0 Å². The molecule has 0 heterocycles. The fourth-order valence-electron chi connectivity index (χ4n) is 8.41. The molecule has 2 aromatic rings. The SMILES string of the molecule is CCCCCC1CCC(C(=CCOCC=C(c2ccc(OCCC)c(F)c2F)C2CCC(CCCCC)CC2)c2ccc(OCCC)c(F)c2F)CC1. The van der Waals surface area contributed by atoms with Crippen molar-refractivity contribution in [2.24, 2.45) is 23.7 Å². The number of rotatable bonds is 22. The lowest BCUT2D eigenvalue weighted by molar-refractivity contribution is 0.193. The van der Waals surface area contributed by atoms with Crippen molar-refractivity contribution in [2.45, 2.75) is 143 Å². The molecule has 0 radical (unpaired) electrons. The summed E-state index contributed by atoms with van der Waals surface area (Å²) in [6.45, 7) is 9.30. The average molecular weight is 743 g/mol. The number of unbranched alkanes of at least 4 members (excludes halogenated alkanes) is 4. The van der Waals surface area contributed by atoms with Crippen LogP contribution in [0.5, 0.6) is 11.5 Å². The third kappa shape index (κ3) is 12.6. The second-order valence-electron chi connectivity index (χ2n) is 15.5. The maximum atomic E-state index is 15.7. The lowest BCUT2D eigenvalue weighted by Crippen LogP contribution is -2.17. The summed E-state index contributed by atoms with van der Waals surface area (Å²) in [5.41, 5.74) is 2.08. The van der Waals surface area contributed by atoms with Gasteiger partial charge in [-0.2, -0.15) is 8.78 Å². The first kappa shape index (κ1) is 42.9. The summed E-state index contributed by atoms with van der Waals surface area (Å²) in [7, 11) is 0. The quantitative estimate of drug-likeness (QED) is 0.0888. The first-order valence-electron chi connectivity index (χ1n) is 21.0. The molecule has 0 saturated heterocycles. The maximum Gasteiger partial charge on any atom is 0.201 e. The topological polar surface area (TPSA) is 27.7 Å². The minimum Gasteiger partial charge on any atom is -0.490 e. The van der Waals surface area contributed by atoms with Crippen LogP contribution in [0.25, 0.3) is 11.1 Å². The van der Waals surface area contributed by atoms with E-state index in [2.05, 4.69) is 13.8 Å². The van der Waals surface area contributed by atoms with Crippen molar-refractivity contribution in [1.82, 2.24) is 0 Å². The van der Waals surface area contributed by atoms with Crippen LogP contribution in [0.3, 0.4) is 0 Å². The van der Waals surface area contributed by atoms with E-state index in [4.69, 9.17) is 14.2 Å². The van der Waals surface area contributed by atoms with Gasteiger partial charge in [0.2, 0.25) is 11.6 Å². The van der Waals surface area contributed by atoms with Gasteiger partial charge in [0.15, 0.2) is 23.1 Å². The molecule has 2 saturated carbocycles. The highest BCUT2D eigenvalue weighted by atomic mass is 19.2. The minimum absolute atomic E-state index is 0.0652. The summed E-state index contributed by atoms with van der Waals surface area (Å²) in [4.78, 5) is 0. The van der Waals surface area contributed by atoms with Gasteiger partial charge >= 0.3 is 0 Å². The molecule has 0 spiro atoms. The van der Waals surface area contributed by atoms with E-state index in [0.717, 1.165) is 62.5 Å². The van der Waals surface area contributed by atoms with E-state index in [1.807, 2.05) is 26.0 Å². The van der Waals surface area contributed by atoms with Crippen LogP contribution < -0.4 is 9.47 Å². The Morgan fingerprint density at radius 1 is 0.528 bits per heavy atom. The van der Waals surface area contributed by atoms with E-state index in [1.165, 1.54) is 63.5 Å². The van der Waals surface area contributed by atoms with Crippen molar-refractivity contribution in [2.75, 3.05) is 26.4 Å². The van der Waals surface area contributed by atoms with Gasteiger partial charge in [-0.1, -0.05) is 91.2 Å². The largest absolute Gasteiger partial charge is 0.490 e. The molecule has 53 heavy (non-hydrogen) atoms. The van der Waals surface area contributed by atoms with Gasteiger partial charge in [-0.25, -0.2) is 8.78 Å². The molecule has 0 aliphatic heterocycles. The Kier molecular flexibility index (Phi) is 18.8. The zero-order valence-corrected chi connectivity index (χ0v) is 33.1. The first-order valence-corrected chi connectivity index (χ1v) is 21.0. The second kappa shape index (κ2) is 23.2. The summed E-state index contributed by atoms with van der Waals surface area (Å²) < 4.78 is 79.0. The fraction of sp³-hybridized carbons (Fsp3) is 0.652. The highest BCUT2D eigenvalue weighted by molar-refractivity contribution is 5.70. The van der Waals surface area contributed by atoms with Gasteiger partial charge in [0.25, 0.3) is 0 Å². The molecule has 2 aromatic carbocycles. The average Bonchev–Trinajstić information content (AvgIpc) is 3.17. The van der Waals surface area contributed by atoms with Crippen LogP contribution in [0.2, 0.25) is 0 Å². The molecule has 0 atom stereocenters. The zero-order valence-electron chi connectivity index (χ0n) is 33.1. The van der Waals surface area contributed by atoms with Crippen LogP contribution in [0.15, 0.2) is 36.4 Å². The minimum atomic E-state index is -0.955. The Morgan fingerprint density at radius 3 is 1.28 bits per heavy atom. The Balaban J connectivity index is 1.54. The van der Waals surface area contributed by atoms with Gasteiger partial charge in [-0.05, 0) is 123 Å². The Bertz CT molecular complexity index is 1330. The van der Waals surface area contributed by atoms with E-state index in [0.29, 0.717) is 37.9 Å². The summed E-state index contributed by atoms with van der Waals surface area (Å²) in [5.74, 6) is -2.26. The number of hydrogen-bond acceptors (Lipinski definition) is 3. The van der Waals surface area contributed by atoms with Gasteiger partial charge < -0.3 is 14.2 Å². The Morgan fingerprint density at radius 2 is 0.925 bits per heavy atom. The van der Waals surface area contributed by atoms with E-state index < -0.39 is 23.3 Å². The molecule has 0 aromatic heterocycles. The molecular formula is C46H66F4O3. The molecule has 3 nitrogen and oxygen atoms in total. The fourth-order valence-corrected chi connectivity index (χ4v) is 8.41. The Hall–Kier alpha value is -2.80. The van der Waals surface area contributed by atoms with E-state index in [-0.39, 0.29) is 47.7 Å². The van der Waals surface area contributed by atoms with Crippen LogP contribution in [-0.4, -0.2) is 26.4 Å². The van der Waals surface area contributed by atoms with Gasteiger partial charge in [-0.3, -0.25) is 0 Å². The predicted octanol–water partition coefficient (Wildman–Crippen LogP) is 14.1. The highest BCUT2D eigenvalue weighted by Gasteiger charge is 2.29. The lowest BCUT2D eigenvalue weighted by atomic mass is 9.75. The molecule has 7 heteroatoms. The third-order valence-electron chi connectivity index (χ3n) is 11.5. The molecule has 0 amide bonds. The van der Waals surface area contributed by atoms with Crippen molar-refractivity contribution < 1.29 is 31.8 Å². The van der Waals surface area contributed by atoms with Gasteiger partial charge in [0.1, 0.15) is 0 Å². The molecule has 2 fully saturated rings. The van der Waals surface area contributed by atoms with Gasteiger partial charge in [-0.15, -0.1) is 0 Å². The van der Waals surface area contributed by atoms with Crippen LogP contribution in [0.1, 0.15) is 154 Å². The zero-order chi connectivity index (χ0) is 38.0. The lowest BCUT2D eigenvalue weighted by Gasteiger charge is -2.31. The van der Waals surface area contributed by atoms with Gasteiger partial charge in [0.05, 0.1) is 26.4 Å². The van der Waals surface area contributed by atoms with Crippen molar-refractivity contribution in [3.63, 3.8) is 0 Å². The summed E-state index contributed by atoms with van der Waals surface area (Å²) >= 11 is 0. The highest BCUT2D eigenvalue weighted by Crippen LogP contribution is 2.43. The molecule has 296 valence electrons. The van der Waals surface area contributed by atoms with E-state index in [1.54, 1.807) is 12.1 Å². The number of ether oxygens (including phenoxy) is 3. The molecule has 2 aliphatic rings. The van der Waals surface area contributed by atoms with Crippen LogP contribution in [-0.2, 0) is 4.74 Å². The van der Waals surface area contributed by atoms with Crippen molar-refractivity contribution in [3.8, 4) is 11.5 Å². The molecule has 0 N–H and O–H groups in total. The molecule has 2 aliphatic carbocycles. The molecule has 0 bridgehead atoms. The Labute approximate surface area is 318 Å². The molecular weight excluding hydrogens is 676 g/mol. The number of hydrogen-bond donors (Lipinski definition) is 0. The van der Waals surface area contributed by atoms with Crippen LogP contribution in [0.4, 0.5) is 17.6 Å². The second-order valence-corrected chi connectivity index (χ2v) is 15.5. The maximum absolute atomic E-state index is 15.7. The first-order chi connectivity index (χ1) is 25.8. The monoisotopic (exact) mass is 742 g/mol. The van der Waals surface area contributed by atoms with E-state index >= 15 is 17.6 Å². The van der Waals surface area contributed by atoms with Crippen molar-refractivity contribution in [1.29, 1.82) is 0 Å². The molecule has 0 unspecified atom stereocenters. The predicted molar refractivity (Wildman–Crippen MR) is 210 cm³/mol. The third-order valence-corrected chi connectivity index (χ3v) is 11.5. The number of benzene rings is 2. The molecule has 4 rings (SSSR count). The summed E-state index contributed by atoms with van der Waals surface area (Å²) in [6, 6.07) is 6.36. The summed E-state index contributed by atoms with van der Waals surface area (Å²) in [6.07, 6.45) is 23.0. The number of halogens is 4. The smallest absolute Gasteiger partial charge is 0.201 e. The number of allylic oxidation sites excluding steroid dienone is 2. The normalized spacial score (nSPS) is 21.2. The van der Waals surface area contributed by atoms with Crippen LogP contribution in [0, 0.1) is 46.9 Å². The van der Waals surface area contributed by atoms with E-state index in [9.17, 15) is 0 Å². The van der Waals surface area contributed by atoms with Crippen molar-refractivity contribution >= 4 is 11.1 Å².